The van der Waals surface area contributed by atoms with Crippen LogP contribution in [0.15, 0.2) is 48.9 Å². The number of pyridine rings is 1. The number of carbonyl (C=O) groups excluding carboxylic acids is 1. The molecule has 0 unspecified atom stereocenters. The molecule has 0 radical (unpaired) electrons. The predicted octanol–water partition coefficient (Wildman–Crippen LogP) is 3.38. The standard InChI is InChI=1S/C14H9ClFN3O/c15-9-3-1-4-10(16)12(9)14(20)18-11-5-2-7-19-8-6-17-13(11)19/h1-8H,(H,18,20). The van der Waals surface area contributed by atoms with Crippen LogP contribution in [0.25, 0.3) is 5.65 Å². The van der Waals surface area contributed by atoms with Gasteiger partial charge >= 0.3 is 0 Å². The van der Waals surface area contributed by atoms with E-state index >= 15 is 0 Å². The van der Waals surface area contributed by atoms with Crippen LogP contribution in [0.3, 0.4) is 0 Å². The van der Waals surface area contributed by atoms with Gasteiger partial charge in [-0.3, -0.25) is 4.79 Å². The van der Waals surface area contributed by atoms with Crippen molar-refractivity contribution < 1.29 is 9.18 Å². The molecule has 1 aromatic carbocycles. The van der Waals surface area contributed by atoms with Crippen LogP contribution in [0.5, 0.6) is 0 Å². The van der Waals surface area contributed by atoms with Gasteiger partial charge in [0.15, 0.2) is 5.65 Å². The van der Waals surface area contributed by atoms with Gasteiger partial charge in [0.2, 0.25) is 0 Å². The van der Waals surface area contributed by atoms with Crippen LogP contribution < -0.4 is 5.32 Å². The largest absolute Gasteiger partial charge is 0.319 e. The highest BCUT2D eigenvalue weighted by molar-refractivity contribution is 6.34. The molecule has 0 aliphatic heterocycles. The van der Waals surface area contributed by atoms with E-state index in [1.165, 1.54) is 18.2 Å². The first-order chi connectivity index (χ1) is 9.66. The van der Waals surface area contributed by atoms with Gasteiger partial charge in [-0.15, -0.1) is 0 Å². The van der Waals surface area contributed by atoms with Crippen LogP contribution in [0.2, 0.25) is 5.02 Å². The van der Waals surface area contributed by atoms with Crippen molar-refractivity contribution >= 4 is 28.8 Å². The van der Waals surface area contributed by atoms with Crippen LogP contribution in [0, 0.1) is 5.82 Å². The molecule has 2 aromatic heterocycles. The summed E-state index contributed by atoms with van der Waals surface area (Å²) in [6.45, 7) is 0. The van der Waals surface area contributed by atoms with Gasteiger partial charge in [0.25, 0.3) is 5.91 Å². The Balaban J connectivity index is 1.99. The second-order valence-corrected chi connectivity index (χ2v) is 4.54. The van der Waals surface area contributed by atoms with E-state index in [0.717, 1.165) is 0 Å². The summed E-state index contributed by atoms with van der Waals surface area (Å²) in [5, 5.41) is 2.69. The number of halogens is 2. The van der Waals surface area contributed by atoms with Crippen molar-refractivity contribution in [2.75, 3.05) is 5.32 Å². The molecule has 3 aromatic rings. The highest BCUT2D eigenvalue weighted by Gasteiger charge is 2.16. The van der Waals surface area contributed by atoms with Crippen molar-refractivity contribution in [3.63, 3.8) is 0 Å². The Bertz CT molecular complexity index is 780. The van der Waals surface area contributed by atoms with Gasteiger partial charge in [-0.2, -0.15) is 0 Å². The van der Waals surface area contributed by atoms with E-state index in [0.29, 0.717) is 11.3 Å². The third kappa shape index (κ3) is 2.12. The third-order valence-corrected chi connectivity index (χ3v) is 3.17. The summed E-state index contributed by atoms with van der Waals surface area (Å²) in [6, 6.07) is 7.55. The molecule has 6 heteroatoms. The first kappa shape index (κ1) is 12.6. The number of imidazole rings is 1. The minimum absolute atomic E-state index is 0.0674. The molecule has 0 saturated carbocycles. The van der Waals surface area contributed by atoms with Crippen LogP contribution >= 0.6 is 11.6 Å². The number of amides is 1. The van der Waals surface area contributed by atoms with E-state index in [2.05, 4.69) is 10.3 Å². The summed E-state index contributed by atoms with van der Waals surface area (Å²) < 4.78 is 15.4. The Labute approximate surface area is 118 Å². The van der Waals surface area contributed by atoms with Gasteiger partial charge < -0.3 is 9.72 Å². The smallest absolute Gasteiger partial charge is 0.260 e. The molecule has 0 saturated heterocycles. The second-order valence-electron chi connectivity index (χ2n) is 4.13. The summed E-state index contributed by atoms with van der Waals surface area (Å²) >= 11 is 5.87. The Morgan fingerprint density at radius 1 is 1.25 bits per heavy atom. The number of rotatable bonds is 2. The fourth-order valence-corrected chi connectivity index (χ4v) is 2.19. The van der Waals surface area contributed by atoms with Gasteiger partial charge in [0.05, 0.1) is 16.3 Å². The molecule has 0 spiro atoms. The molecule has 2 heterocycles. The molecule has 3 rings (SSSR count). The number of nitrogens with zero attached hydrogens (tertiary/aromatic N) is 2. The maximum atomic E-state index is 13.7. The monoisotopic (exact) mass is 289 g/mol. The maximum Gasteiger partial charge on any atom is 0.260 e. The first-order valence-corrected chi connectivity index (χ1v) is 6.21. The number of hydrogen-bond acceptors (Lipinski definition) is 2. The van der Waals surface area contributed by atoms with E-state index in [1.54, 1.807) is 35.1 Å². The van der Waals surface area contributed by atoms with Gasteiger partial charge in [-0.25, -0.2) is 9.37 Å². The van der Waals surface area contributed by atoms with Gasteiger partial charge in [0, 0.05) is 18.6 Å². The van der Waals surface area contributed by atoms with Crippen LogP contribution in [0.1, 0.15) is 10.4 Å². The molecule has 1 amide bonds. The van der Waals surface area contributed by atoms with Crippen molar-refractivity contribution in [2.24, 2.45) is 0 Å². The van der Waals surface area contributed by atoms with Crippen molar-refractivity contribution in [2.45, 2.75) is 0 Å². The second kappa shape index (κ2) is 4.94. The number of aromatic nitrogens is 2. The zero-order valence-electron chi connectivity index (χ0n) is 10.2. The molecule has 0 aliphatic carbocycles. The zero-order valence-corrected chi connectivity index (χ0v) is 10.9. The lowest BCUT2D eigenvalue weighted by atomic mass is 10.2. The Morgan fingerprint density at radius 3 is 2.90 bits per heavy atom. The molecule has 4 nitrogen and oxygen atoms in total. The predicted molar refractivity (Wildman–Crippen MR) is 74.6 cm³/mol. The molecule has 0 aliphatic rings. The fraction of sp³-hybridized carbons (Fsp3) is 0. The molecule has 1 N–H and O–H groups in total. The number of benzene rings is 1. The topological polar surface area (TPSA) is 46.4 Å². The quantitative estimate of drug-likeness (QED) is 0.786. The number of nitrogens with one attached hydrogen (secondary N) is 1. The lowest BCUT2D eigenvalue weighted by Gasteiger charge is -2.08. The van der Waals surface area contributed by atoms with E-state index in [1.807, 2.05) is 0 Å². The molecular formula is C14H9ClFN3O. The van der Waals surface area contributed by atoms with Crippen molar-refractivity contribution in [1.29, 1.82) is 0 Å². The molecule has 100 valence electrons. The van der Waals surface area contributed by atoms with E-state index < -0.39 is 11.7 Å². The Kier molecular flexibility index (Phi) is 3.12. The highest BCUT2D eigenvalue weighted by atomic mass is 35.5. The van der Waals surface area contributed by atoms with Crippen molar-refractivity contribution in [1.82, 2.24) is 9.38 Å². The van der Waals surface area contributed by atoms with E-state index in [-0.39, 0.29) is 10.6 Å². The normalized spacial score (nSPS) is 10.7. The van der Waals surface area contributed by atoms with E-state index in [4.69, 9.17) is 11.6 Å². The summed E-state index contributed by atoms with van der Waals surface area (Å²) in [5.41, 5.74) is 0.887. The minimum Gasteiger partial charge on any atom is -0.319 e. The SMILES string of the molecule is O=C(Nc1cccn2ccnc12)c1c(F)cccc1Cl. The minimum atomic E-state index is -0.662. The van der Waals surface area contributed by atoms with Crippen LogP contribution in [-0.2, 0) is 0 Å². The van der Waals surface area contributed by atoms with Crippen molar-refractivity contribution in [3.8, 4) is 0 Å². The molecule has 0 bridgehead atoms. The lowest BCUT2D eigenvalue weighted by Crippen LogP contribution is -2.15. The van der Waals surface area contributed by atoms with Crippen molar-refractivity contribution in [3.05, 3.63) is 65.3 Å². The average molecular weight is 290 g/mol. The molecule has 0 atom stereocenters. The summed E-state index contributed by atoms with van der Waals surface area (Å²) in [4.78, 5) is 16.3. The molecular weight excluding hydrogens is 281 g/mol. The number of anilines is 1. The van der Waals surface area contributed by atoms with Gasteiger partial charge in [0.1, 0.15) is 5.82 Å². The van der Waals surface area contributed by atoms with Gasteiger partial charge in [-0.05, 0) is 24.3 Å². The highest BCUT2D eigenvalue weighted by Crippen LogP contribution is 2.22. The summed E-state index contributed by atoms with van der Waals surface area (Å²) in [5.74, 6) is -1.27. The molecule has 20 heavy (non-hydrogen) atoms. The number of hydrogen-bond donors (Lipinski definition) is 1. The summed E-state index contributed by atoms with van der Waals surface area (Å²) in [7, 11) is 0. The fourth-order valence-electron chi connectivity index (χ4n) is 1.95. The first-order valence-electron chi connectivity index (χ1n) is 5.84. The maximum absolute atomic E-state index is 13.7. The third-order valence-electron chi connectivity index (χ3n) is 2.86. The number of carbonyl (C=O) groups is 1. The zero-order chi connectivity index (χ0) is 14.1. The Hall–Kier alpha value is -2.40. The van der Waals surface area contributed by atoms with Crippen LogP contribution in [0.4, 0.5) is 10.1 Å². The summed E-state index contributed by atoms with van der Waals surface area (Å²) in [6.07, 6.45) is 5.16. The van der Waals surface area contributed by atoms with Gasteiger partial charge in [-0.1, -0.05) is 17.7 Å². The Morgan fingerprint density at radius 2 is 2.10 bits per heavy atom. The lowest BCUT2D eigenvalue weighted by molar-refractivity contribution is 0.102. The van der Waals surface area contributed by atoms with E-state index in [9.17, 15) is 9.18 Å². The average Bonchev–Trinajstić information content (AvgIpc) is 2.88. The van der Waals surface area contributed by atoms with Crippen LogP contribution in [-0.4, -0.2) is 15.3 Å². The molecule has 0 fully saturated rings. The number of fused-ring (bicyclic) bond motifs is 1.